The van der Waals surface area contributed by atoms with E-state index in [2.05, 4.69) is 5.32 Å². The van der Waals surface area contributed by atoms with Crippen LogP contribution in [0.4, 0.5) is 0 Å². The minimum absolute atomic E-state index is 0.163. The normalized spacial score (nSPS) is 17.5. The van der Waals surface area contributed by atoms with Crippen LogP contribution in [0, 0.1) is 5.41 Å². The van der Waals surface area contributed by atoms with Crippen molar-refractivity contribution in [1.29, 1.82) is 0 Å². The van der Waals surface area contributed by atoms with E-state index in [0.717, 1.165) is 0 Å². The monoisotopic (exact) mass is 201 g/mol. The molecule has 0 aromatic heterocycles. The maximum atomic E-state index is 11.4. The van der Waals surface area contributed by atoms with E-state index in [0.29, 0.717) is 12.8 Å². The topological polar surface area (TPSA) is 98.2 Å². The predicted octanol–water partition coefficient (Wildman–Crippen LogP) is -1.35. The molecule has 0 radical (unpaired) electrons. The van der Waals surface area contributed by atoms with Gasteiger partial charge in [0.1, 0.15) is 0 Å². The third-order valence-corrected chi connectivity index (χ3v) is 2.47. The van der Waals surface area contributed by atoms with Crippen molar-refractivity contribution in [2.24, 2.45) is 16.9 Å². The van der Waals surface area contributed by atoms with Gasteiger partial charge in [0, 0.05) is 0 Å². The second kappa shape index (κ2) is 3.29. The number of amides is 2. The Morgan fingerprint density at radius 2 is 1.92 bits per heavy atom. The van der Waals surface area contributed by atoms with E-state index < -0.39 is 11.3 Å². The molecule has 5 nitrogen and oxygen atoms in total. The maximum Gasteiger partial charge on any atom is 0.236 e. The Balaban J connectivity index is 2.49. The lowest BCUT2D eigenvalue weighted by molar-refractivity contribution is -0.126. The summed E-state index contributed by atoms with van der Waals surface area (Å²) >= 11 is 4.75. The van der Waals surface area contributed by atoms with Crippen molar-refractivity contribution in [3.63, 3.8) is 0 Å². The van der Waals surface area contributed by atoms with Gasteiger partial charge in [0.25, 0.3) is 0 Å². The molecule has 72 valence electrons. The van der Waals surface area contributed by atoms with Crippen LogP contribution in [-0.2, 0) is 9.59 Å². The summed E-state index contributed by atoms with van der Waals surface area (Å²) in [5.74, 6) is -0.870. The van der Waals surface area contributed by atoms with E-state index >= 15 is 0 Å². The first-order chi connectivity index (χ1) is 5.99. The Morgan fingerprint density at radius 3 is 2.23 bits per heavy atom. The van der Waals surface area contributed by atoms with Crippen molar-refractivity contribution in [3.05, 3.63) is 0 Å². The minimum Gasteiger partial charge on any atom is -0.392 e. The fourth-order valence-corrected chi connectivity index (χ4v) is 1.34. The summed E-state index contributed by atoms with van der Waals surface area (Å²) in [5, 5.41) is 2.39. The summed E-state index contributed by atoms with van der Waals surface area (Å²) in [5.41, 5.74) is 9.55. The predicted molar refractivity (Wildman–Crippen MR) is 50.7 cm³/mol. The second-order valence-electron chi connectivity index (χ2n) is 3.10. The van der Waals surface area contributed by atoms with Crippen LogP contribution in [-0.4, -0.2) is 23.3 Å². The summed E-state index contributed by atoms with van der Waals surface area (Å²) in [4.78, 5) is 21.9. The van der Waals surface area contributed by atoms with Crippen LogP contribution in [0.15, 0.2) is 0 Å². The molecule has 0 unspecified atom stereocenters. The van der Waals surface area contributed by atoms with E-state index in [1.165, 1.54) is 0 Å². The first-order valence-corrected chi connectivity index (χ1v) is 4.26. The van der Waals surface area contributed by atoms with Crippen molar-refractivity contribution >= 4 is 29.0 Å². The van der Waals surface area contributed by atoms with Gasteiger partial charge in [-0.1, -0.05) is 12.2 Å². The van der Waals surface area contributed by atoms with Gasteiger partial charge in [0.05, 0.1) is 16.9 Å². The third kappa shape index (κ3) is 1.95. The molecule has 2 amide bonds. The Hall–Kier alpha value is -1.17. The van der Waals surface area contributed by atoms with Crippen molar-refractivity contribution in [2.45, 2.75) is 12.8 Å². The van der Waals surface area contributed by atoms with Gasteiger partial charge in [-0.25, -0.2) is 0 Å². The number of nitrogens with two attached hydrogens (primary N) is 2. The molecule has 1 aliphatic carbocycles. The van der Waals surface area contributed by atoms with Gasteiger partial charge in [0.15, 0.2) is 0 Å². The van der Waals surface area contributed by atoms with Gasteiger partial charge in [-0.3, -0.25) is 9.59 Å². The van der Waals surface area contributed by atoms with E-state index in [4.69, 9.17) is 23.7 Å². The first-order valence-electron chi connectivity index (χ1n) is 3.85. The molecule has 1 saturated carbocycles. The lowest BCUT2D eigenvalue weighted by atomic mass is 10.1. The van der Waals surface area contributed by atoms with Gasteiger partial charge >= 0.3 is 0 Å². The largest absolute Gasteiger partial charge is 0.392 e. The zero-order valence-electron chi connectivity index (χ0n) is 7.00. The number of hydrogen-bond acceptors (Lipinski definition) is 3. The average Bonchev–Trinajstić information content (AvgIpc) is 2.79. The second-order valence-corrected chi connectivity index (χ2v) is 3.54. The van der Waals surface area contributed by atoms with Crippen LogP contribution in [0.5, 0.6) is 0 Å². The molecule has 0 heterocycles. The first kappa shape index (κ1) is 9.91. The molecule has 0 aliphatic heterocycles. The van der Waals surface area contributed by atoms with Gasteiger partial charge in [-0.05, 0) is 12.8 Å². The maximum absolute atomic E-state index is 11.4. The molecule has 0 bridgehead atoms. The fraction of sp³-hybridized carbons (Fsp3) is 0.571. The van der Waals surface area contributed by atoms with E-state index in [1.54, 1.807) is 0 Å². The number of rotatable bonds is 4. The molecule has 5 N–H and O–H groups in total. The van der Waals surface area contributed by atoms with Crippen LogP contribution >= 0.6 is 12.2 Å². The highest BCUT2D eigenvalue weighted by molar-refractivity contribution is 7.80. The third-order valence-electron chi connectivity index (χ3n) is 2.08. The Morgan fingerprint density at radius 1 is 1.38 bits per heavy atom. The van der Waals surface area contributed by atoms with E-state index in [9.17, 15) is 9.59 Å². The Kier molecular flexibility index (Phi) is 2.51. The zero-order chi connectivity index (χ0) is 10.1. The lowest BCUT2D eigenvalue weighted by Crippen LogP contribution is -2.42. The summed E-state index contributed by atoms with van der Waals surface area (Å²) in [6.45, 7) is -0.163. The molecular formula is C7H11N3O2S. The summed E-state index contributed by atoms with van der Waals surface area (Å²) in [6.07, 6.45) is 1.32. The van der Waals surface area contributed by atoms with Crippen molar-refractivity contribution in [1.82, 2.24) is 5.32 Å². The highest BCUT2D eigenvalue weighted by Gasteiger charge is 2.52. The molecule has 13 heavy (non-hydrogen) atoms. The van der Waals surface area contributed by atoms with Gasteiger partial charge in [-0.2, -0.15) is 0 Å². The highest BCUT2D eigenvalue weighted by Crippen LogP contribution is 2.46. The smallest absolute Gasteiger partial charge is 0.236 e. The van der Waals surface area contributed by atoms with Gasteiger partial charge in [-0.15, -0.1) is 0 Å². The lowest BCUT2D eigenvalue weighted by Gasteiger charge is -2.11. The summed E-state index contributed by atoms with van der Waals surface area (Å²) in [7, 11) is 0. The van der Waals surface area contributed by atoms with Crippen LogP contribution in [0.1, 0.15) is 12.8 Å². The molecule has 0 aromatic rings. The molecule has 0 aromatic carbocycles. The Labute approximate surface area is 80.8 Å². The molecule has 6 heteroatoms. The molecule has 1 aliphatic rings. The zero-order valence-corrected chi connectivity index (χ0v) is 7.82. The number of primary amides is 1. The molecule has 1 fully saturated rings. The molecule has 0 saturated heterocycles. The number of carbonyl (C=O) groups excluding carboxylic acids is 2. The number of thiocarbonyl (C=S) groups is 1. The molecule has 1 rings (SSSR count). The summed E-state index contributed by atoms with van der Waals surface area (Å²) in [6, 6.07) is 0. The van der Waals surface area contributed by atoms with Crippen LogP contribution in [0.25, 0.3) is 0 Å². The fourth-order valence-electron chi connectivity index (χ4n) is 1.05. The van der Waals surface area contributed by atoms with Gasteiger partial charge in [0.2, 0.25) is 11.8 Å². The Bertz CT molecular complexity index is 273. The van der Waals surface area contributed by atoms with Crippen molar-refractivity contribution < 1.29 is 9.59 Å². The molecule has 0 atom stereocenters. The molecule has 0 spiro atoms. The van der Waals surface area contributed by atoms with E-state index in [1.807, 2.05) is 0 Å². The number of hydrogen-bond donors (Lipinski definition) is 3. The van der Waals surface area contributed by atoms with Gasteiger partial charge < -0.3 is 16.8 Å². The molecular weight excluding hydrogens is 190 g/mol. The van der Waals surface area contributed by atoms with Crippen LogP contribution < -0.4 is 16.8 Å². The van der Waals surface area contributed by atoms with Crippen molar-refractivity contribution in [2.75, 3.05) is 6.54 Å². The number of carbonyl (C=O) groups is 2. The van der Waals surface area contributed by atoms with Crippen molar-refractivity contribution in [3.8, 4) is 0 Å². The quantitative estimate of drug-likeness (QED) is 0.490. The standard InChI is InChI=1S/C7H11N3O2S/c8-4(11)3-10-6(12)7(1-2-7)5(9)13/h1-3H2,(H2,8,11)(H2,9,13)(H,10,12). The minimum atomic E-state index is -0.704. The SMILES string of the molecule is NC(=O)CNC(=O)C1(C(N)=S)CC1. The number of nitrogens with one attached hydrogen (secondary N) is 1. The highest BCUT2D eigenvalue weighted by atomic mass is 32.1. The van der Waals surface area contributed by atoms with Crippen LogP contribution in [0.2, 0.25) is 0 Å². The summed E-state index contributed by atoms with van der Waals surface area (Å²) < 4.78 is 0. The van der Waals surface area contributed by atoms with E-state index in [-0.39, 0.29) is 17.4 Å². The average molecular weight is 201 g/mol. The van der Waals surface area contributed by atoms with Crippen LogP contribution in [0.3, 0.4) is 0 Å².